The van der Waals surface area contributed by atoms with Gasteiger partial charge < -0.3 is 19.3 Å². The molecular formula is C25H22N2O6. The van der Waals surface area contributed by atoms with Gasteiger partial charge in [0.2, 0.25) is 12.1 Å². The second kappa shape index (κ2) is 8.54. The van der Waals surface area contributed by atoms with Crippen LogP contribution in [0.1, 0.15) is 24.1 Å². The minimum absolute atomic E-state index is 0.0567. The lowest BCUT2D eigenvalue weighted by atomic mass is 10.1. The van der Waals surface area contributed by atoms with Crippen molar-refractivity contribution in [2.24, 2.45) is 11.8 Å². The zero-order chi connectivity index (χ0) is 22.9. The van der Waals surface area contributed by atoms with Gasteiger partial charge >= 0.3 is 5.63 Å². The van der Waals surface area contributed by atoms with Crippen LogP contribution in [0.3, 0.4) is 0 Å². The van der Waals surface area contributed by atoms with E-state index in [1.165, 1.54) is 0 Å². The lowest BCUT2D eigenvalue weighted by Crippen LogP contribution is -2.23. The Morgan fingerprint density at radius 3 is 2.76 bits per heavy atom. The number of Topliss-reactive ketones (excluding diaryl/α,β-unsaturated/α-hetero) is 1. The lowest BCUT2D eigenvalue weighted by molar-refractivity contribution is -0.135. The van der Waals surface area contributed by atoms with E-state index in [2.05, 4.69) is 10.5 Å². The Labute approximate surface area is 189 Å². The van der Waals surface area contributed by atoms with Gasteiger partial charge in [-0.3, -0.25) is 9.59 Å². The number of hydrogen-bond donors (Lipinski definition) is 1. The summed E-state index contributed by atoms with van der Waals surface area (Å²) in [6, 6.07) is 14.7. The summed E-state index contributed by atoms with van der Waals surface area (Å²) in [5, 5.41) is 7.23. The highest BCUT2D eigenvalue weighted by molar-refractivity contribution is 6.40. The Hall–Kier alpha value is -3.94. The van der Waals surface area contributed by atoms with Crippen LogP contribution >= 0.6 is 0 Å². The SMILES string of the molecule is Cc1noc(=O)c2ccc(NC(=O)C(=O)CC3CC3C3=COC(Cc4ccccc4)O3)cc12. The fourth-order valence-electron chi connectivity index (χ4n) is 4.08. The largest absolute Gasteiger partial charge is 0.459 e. The molecule has 5 rings (SSSR count). The molecule has 3 atom stereocenters. The van der Waals surface area contributed by atoms with Crippen molar-refractivity contribution in [2.45, 2.75) is 32.5 Å². The number of amides is 1. The van der Waals surface area contributed by atoms with Crippen LogP contribution in [-0.2, 0) is 25.5 Å². The van der Waals surface area contributed by atoms with Crippen LogP contribution in [0.5, 0.6) is 0 Å². The van der Waals surface area contributed by atoms with Gasteiger partial charge in [0, 0.05) is 29.8 Å². The van der Waals surface area contributed by atoms with Gasteiger partial charge in [-0.1, -0.05) is 35.5 Å². The molecule has 1 aromatic heterocycles. The Bertz CT molecular complexity index is 1310. The first-order valence-electron chi connectivity index (χ1n) is 10.8. The van der Waals surface area contributed by atoms with Gasteiger partial charge in [-0.05, 0) is 43.0 Å². The molecular weight excluding hydrogens is 424 g/mol. The highest BCUT2D eigenvalue weighted by Gasteiger charge is 2.45. The standard InChI is InChI=1S/C25H22N2O6/c1-14-19-12-17(7-8-18(19)25(30)33-27-14)26-24(29)21(28)11-16-10-20(16)22-13-31-23(32-22)9-15-5-3-2-4-6-15/h2-8,12-13,16,20,23H,9-11H2,1H3,(H,26,29). The van der Waals surface area contributed by atoms with Crippen LogP contribution in [0.2, 0.25) is 0 Å². The Morgan fingerprint density at radius 2 is 1.94 bits per heavy atom. The second-order valence-electron chi connectivity index (χ2n) is 8.39. The lowest BCUT2D eigenvalue weighted by Gasteiger charge is -2.12. The molecule has 1 amide bonds. The van der Waals surface area contributed by atoms with E-state index in [1.54, 1.807) is 31.4 Å². The van der Waals surface area contributed by atoms with Crippen LogP contribution in [0.15, 0.2) is 69.9 Å². The minimum atomic E-state index is -0.687. The zero-order valence-corrected chi connectivity index (χ0v) is 17.9. The fourth-order valence-corrected chi connectivity index (χ4v) is 4.08. The number of hydrogen-bond acceptors (Lipinski definition) is 7. The second-order valence-corrected chi connectivity index (χ2v) is 8.39. The molecule has 0 saturated heterocycles. The number of nitrogens with one attached hydrogen (secondary N) is 1. The molecule has 1 N–H and O–H groups in total. The maximum absolute atomic E-state index is 12.5. The van der Waals surface area contributed by atoms with E-state index in [9.17, 15) is 14.4 Å². The first-order chi connectivity index (χ1) is 16.0. The Balaban J connectivity index is 1.14. The average molecular weight is 446 g/mol. The van der Waals surface area contributed by atoms with Gasteiger partial charge in [0.25, 0.3) is 5.91 Å². The Morgan fingerprint density at radius 1 is 1.12 bits per heavy atom. The number of carbonyl (C=O) groups is 2. The quantitative estimate of drug-likeness (QED) is 0.554. The zero-order valence-electron chi connectivity index (χ0n) is 17.9. The molecule has 3 unspecified atom stereocenters. The third kappa shape index (κ3) is 4.50. The van der Waals surface area contributed by atoms with E-state index in [0.29, 0.717) is 28.6 Å². The minimum Gasteiger partial charge on any atom is -0.459 e. The summed E-state index contributed by atoms with van der Waals surface area (Å²) < 4.78 is 16.2. The highest BCUT2D eigenvalue weighted by Crippen LogP contribution is 2.48. The van der Waals surface area contributed by atoms with Crippen LogP contribution in [0.4, 0.5) is 5.69 Å². The summed E-state index contributed by atoms with van der Waals surface area (Å²) >= 11 is 0. The Kier molecular flexibility index (Phi) is 5.42. The third-order valence-electron chi connectivity index (χ3n) is 5.99. The number of nitrogens with zero attached hydrogens (tertiary/aromatic N) is 1. The number of carbonyl (C=O) groups excluding carboxylic acids is 2. The van der Waals surface area contributed by atoms with E-state index in [1.807, 2.05) is 30.3 Å². The maximum Gasteiger partial charge on any atom is 0.366 e. The molecule has 1 aliphatic carbocycles. The molecule has 168 valence electrons. The van der Waals surface area contributed by atoms with E-state index in [4.69, 9.17) is 14.0 Å². The number of allylic oxidation sites excluding steroid dienone is 1. The first kappa shape index (κ1) is 20.9. The number of aromatic nitrogens is 1. The fraction of sp³-hybridized carbons (Fsp3) is 0.280. The predicted octanol–water partition coefficient (Wildman–Crippen LogP) is 3.49. The molecule has 1 saturated carbocycles. The molecule has 2 aromatic carbocycles. The van der Waals surface area contributed by atoms with Crippen molar-refractivity contribution in [2.75, 3.05) is 5.32 Å². The van der Waals surface area contributed by atoms with Crippen molar-refractivity contribution in [3.05, 3.63) is 82.2 Å². The van der Waals surface area contributed by atoms with Crippen LogP contribution < -0.4 is 10.9 Å². The van der Waals surface area contributed by atoms with Crippen LogP contribution in [0, 0.1) is 18.8 Å². The van der Waals surface area contributed by atoms with E-state index >= 15 is 0 Å². The number of benzene rings is 2. The summed E-state index contributed by atoms with van der Waals surface area (Å²) in [6.45, 7) is 1.70. The van der Waals surface area contributed by atoms with Gasteiger partial charge in [0.1, 0.15) is 12.0 Å². The molecule has 33 heavy (non-hydrogen) atoms. The van der Waals surface area contributed by atoms with Gasteiger partial charge in [-0.25, -0.2) is 4.79 Å². The van der Waals surface area contributed by atoms with Crippen molar-refractivity contribution in [3.8, 4) is 0 Å². The molecule has 0 spiro atoms. The summed E-state index contributed by atoms with van der Waals surface area (Å²) in [5.74, 6) is -0.290. The molecule has 0 bridgehead atoms. The monoisotopic (exact) mass is 446 g/mol. The van der Waals surface area contributed by atoms with Crippen molar-refractivity contribution in [3.63, 3.8) is 0 Å². The van der Waals surface area contributed by atoms with Gasteiger partial charge in [0.05, 0.1) is 11.1 Å². The summed E-state index contributed by atoms with van der Waals surface area (Å²) in [4.78, 5) is 36.6. The summed E-state index contributed by atoms with van der Waals surface area (Å²) in [6.07, 6.45) is 2.82. The number of ether oxygens (including phenoxy) is 2. The van der Waals surface area contributed by atoms with E-state index < -0.39 is 17.3 Å². The number of rotatable bonds is 7. The van der Waals surface area contributed by atoms with Crippen molar-refractivity contribution in [1.82, 2.24) is 5.16 Å². The maximum atomic E-state index is 12.5. The molecule has 0 radical (unpaired) electrons. The normalized spacial score (nSPS) is 21.1. The summed E-state index contributed by atoms with van der Waals surface area (Å²) in [7, 11) is 0. The average Bonchev–Trinajstić information content (AvgIpc) is 3.43. The number of ketones is 1. The van der Waals surface area contributed by atoms with E-state index in [-0.39, 0.29) is 24.5 Å². The number of anilines is 1. The first-order valence-corrected chi connectivity index (χ1v) is 10.8. The van der Waals surface area contributed by atoms with Crippen LogP contribution in [0.25, 0.3) is 10.8 Å². The van der Waals surface area contributed by atoms with E-state index in [0.717, 1.165) is 17.7 Å². The van der Waals surface area contributed by atoms with Crippen LogP contribution in [-0.4, -0.2) is 23.1 Å². The van der Waals surface area contributed by atoms with Crippen molar-refractivity contribution < 1.29 is 23.6 Å². The molecule has 2 heterocycles. The molecule has 8 heteroatoms. The molecule has 1 aliphatic heterocycles. The third-order valence-corrected chi connectivity index (χ3v) is 5.99. The predicted molar refractivity (Wildman–Crippen MR) is 119 cm³/mol. The number of fused-ring (bicyclic) bond motifs is 1. The van der Waals surface area contributed by atoms with Crippen molar-refractivity contribution in [1.29, 1.82) is 0 Å². The summed E-state index contributed by atoms with van der Waals surface area (Å²) in [5.41, 5.74) is 1.51. The van der Waals surface area contributed by atoms with Gasteiger partial charge in [-0.15, -0.1) is 0 Å². The molecule has 3 aromatic rings. The molecule has 1 fully saturated rings. The van der Waals surface area contributed by atoms with Crippen molar-refractivity contribution >= 4 is 28.2 Å². The molecule has 2 aliphatic rings. The van der Waals surface area contributed by atoms with Gasteiger partial charge in [0.15, 0.2) is 0 Å². The smallest absolute Gasteiger partial charge is 0.366 e. The highest BCUT2D eigenvalue weighted by atomic mass is 16.7. The topological polar surface area (TPSA) is 108 Å². The number of aryl methyl sites for hydroxylation is 1. The van der Waals surface area contributed by atoms with Gasteiger partial charge in [-0.2, -0.15) is 0 Å². The molecule has 8 nitrogen and oxygen atoms in total.